The van der Waals surface area contributed by atoms with Crippen LogP contribution in [0.15, 0.2) is 141 Å². The molecule has 0 spiro atoms. The Bertz CT molecular complexity index is 2770. The molecule has 5 aromatic carbocycles. The summed E-state index contributed by atoms with van der Waals surface area (Å²) in [5.74, 6) is 1.44. The molecule has 0 heterocycles. The van der Waals surface area contributed by atoms with Gasteiger partial charge in [-0.2, -0.15) is 0 Å². The number of benzene rings is 5. The van der Waals surface area contributed by atoms with Crippen molar-refractivity contribution in [1.29, 1.82) is 0 Å². The molecule has 12 heteroatoms. The quantitative estimate of drug-likeness (QED) is 0.0133. The molecule has 0 amide bonds. The fourth-order valence-electron chi connectivity index (χ4n) is 10.9. The maximum absolute atomic E-state index is 13.4. The molecule has 430 valence electrons. The van der Waals surface area contributed by atoms with Crippen LogP contribution in [-0.4, -0.2) is 62.9 Å². The lowest BCUT2D eigenvalue weighted by molar-refractivity contribution is -0.138. The Morgan fingerprint density at radius 2 is 0.827 bits per heavy atom. The van der Waals surface area contributed by atoms with Crippen LogP contribution in [0, 0.1) is 11.8 Å². The molecule has 0 unspecified atom stereocenters. The summed E-state index contributed by atoms with van der Waals surface area (Å²) in [6.07, 6.45) is 20.0. The van der Waals surface area contributed by atoms with Crippen LogP contribution in [0.25, 0.3) is 22.3 Å². The first-order valence-corrected chi connectivity index (χ1v) is 29.5. The van der Waals surface area contributed by atoms with Gasteiger partial charge in [-0.15, -0.1) is 0 Å². The van der Waals surface area contributed by atoms with E-state index in [2.05, 4.69) is 86.0 Å². The number of carbonyl (C=O) groups excluding carboxylic acids is 5. The van der Waals surface area contributed by atoms with E-state index in [0.29, 0.717) is 62.9 Å². The minimum absolute atomic E-state index is 0.0415. The molecular formula is C69H82O12. The molecule has 0 radical (unpaired) electrons. The molecule has 2 fully saturated rings. The second kappa shape index (κ2) is 33.3. The fraction of sp³-hybridized carbons (Fsp3) is 0.435. The second-order valence-electron chi connectivity index (χ2n) is 21.4. The maximum atomic E-state index is 13.4. The van der Waals surface area contributed by atoms with Crippen molar-refractivity contribution in [3.63, 3.8) is 0 Å². The van der Waals surface area contributed by atoms with Crippen molar-refractivity contribution in [2.24, 2.45) is 11.8 Å². The van der Waals surface area contributed by atoms with Gasteiger partial charge in [0.2, 0.25) is 0 Å². The van der Waals surface area contributed by atoms with Crippen LogP contribution < -0.4 is 18.9 Å². The van der Waals surface area contributed by atoms with Crippen LogP contribution in [0.5, 0.6) is 23.0 Å². The maximum Gasteiger partial charge on any atom is 0.338 e. The van der Waals surface area contributed by atoms with Crippen LogP contribution in [0.1, 0.15) is 169 Å². The molecule has 12 nitrogen and oxygen atoms in total. The molecule has 0 aromatic heterocycles. The minimum atomic E-state index is -0.549. The molecule has 81 heavy (non-hydrogen) atoms. The minimum Gasteiger partial charge on any atom is -0.494 e. The smallest absolute Gasteiger partial charge is 0.338 e. The standard InChI is InChI=1S/C69H82O12/c1-4-65(70)78-47-13-9-7-11-45-76-61-38-33-58(34-39-61)56-29-25-54(26-30-56)52-21-15-50(16-22-52)19-43-67(72)80-63-42-37-60(69(74)75-6-3)49-64(63)81-68(73)44-20-51-17-23-53(24-18-51)55-27-31-57(32-28-55)59-35-40-62(41-36-59)77-46-12-8-10-14-48-79-66(71)5-2/h4-5,25-42,49-53H,1-2,6-24,43-48H2,3H3. The van der Waals surface area contributed by atoms with Crippen LogP contribution in [-0.2, 0) is 33.4 Å². The SMILES string of the molecule is C=CC(=O)OCCCCCCOc1ccc(-c2ccc(C3CCC(CCC(=O)Oc4ccc(C(=O)OCC)cc4OC(=O)CCC4CCC(c5ccc(-c6ccc(OCCCCCCOC(=O)C=C)cc6)cc5)CC4)CC3)cc2)cc1. The molecule has 0 aliphatic heterocycles. The Kier molecular flexibility index (Phi) is 25.2. The zero-order valence-electron chi connectivity index (χ0n) is 47.4. The Hall–Kier alpha value is -7.47. The van der Waals surface area contributed by atoms with Gasteiger partial charge in [-0.3, -0.25) is 9.59 Å². The average molecular weight is 1100 g/mol. The highest BCUT2D eigenvalue weighted by atomic mass is 16.6. The Labute approximate surface area is 479 Å². The largest absolute Gasteiger partial charge is 0.494 e. The summed E-state index contributed by atoms with van der Waals surface area (Å²) in [4.78, 5) is 61.7. The normalized spacial score (nSPS) is 16.8. The van der Waals surface area contributed by atoms with Crippen molar-refractivity contribution in [2.45, 2.75) is 147 Å². The van der Waals surface area contributed by atoms with E-state index in [0.717, 1.165) is 136 Å². The summed E-state index contributed by atoms with van der Waals surface area (Å²) in [5.41, 5.74) is 7.47. The number of hydrogen-bond acceptors (Lipinski definition) is 12. The molecule has 0 saturated heterocycles. The summed E-state index contributed by atoms with van der Waals surface area (Å²) < 4.78 is 38.9. The van der Waals surface area contributed by atoms with Crippen LogP contribution in [0.2, 0.25) is 0 Å². The third kappa shape index (κ3) is 20.5. The van der Waals surface area contributed by atoms with E-state index in [-0.39, 0.29) is 48.4 Å². The molecule has 7 rings (SSSR count). The van der Waals surface area contributed by atoms with Gasteiger partial charge in [0.05, 0.1) is 38.6 Å². The highest BCUT2D eigenvalue weighted by Gasteiger charge is 2.26. The van der Waals surface area contributed by atoms with E-state index < -0.39 is 17.9 Å². The van der Waals surface area contributed by atoms with Gasteiger partial charge in [0, 0.05) is 25.0 Å². The number of rotatable bonds is 32. The lowest BCUT2D eigenvalue weighted by Crippen LogP contribution is -2.18. The zero-order valence-corrected chi connectivity index (χ0v) is 47.4. The van der Waals surface area contributed by atoms with Gasteiger partial charge in [0.25, 0.3) is 0 Å². The molecule has 0 atom stereocenters. The van der Waals surface area contributed by atoms with Gasteiger partial charge in [-0.05, 0) is 222 Å². The summed E-state index contributed by atoms with van der Waals surface area (Å²) in [7, 11) is 0. The summed E-state index contributed by atoms with van der Waals surface area (Å²) in [5, 5.41) is 0. The van der Waals surface area contributed by atoms with E-state index >= 15 is 0 Å². The third-order valence-corrected chi connectivity index (χ3v) is 15.7. The molecule has 2 saturated carbocycles. The monoisotopic (exact) mass is 1100 g/mol. The van der Waals surface area contributed by atoms with Crippen molar-refractivity contribution >= 4 is 29.8 Å². The number of carbonyl (C=O) groups is 5. The predicted octanol–water partition coefficient (Wildman–Crippen LogP) is 15.9. The summed E-state index contributed by atoms with van der Waals surface area (Å²) in [6, 6.07) is 38.7. The molecule has 2 aliphatic rings. The van der Waals surface area contributed by atoms with E-state index in [9.17, 15) is 24.0 Å². The molecule has 5 aromatic rings. The van der Waals surface area contributed by atoms with Crippen LogP contribution >= 0.6 is 0 Å². The van der Waals surface area contributed by atoms with Crippen molar-refractivity contribution in [3.05, 3.63) is 157 Å². The van der Waals surface area contributed by atoms with Gasteiger partial charge in [-0.25, -0.2) is 14.4 Å². The summed E-state index contributed by atoms with van der Waals surface area (Å²) in [6.45, 7) is 10.9. The van der Waals surface area contributed by atoms with Crippen molar-refractivity contribution < 1.29 is 57.1 Å². The molecule has 0 bridgehead atoms. The Balaban J connectivity index is 0.789. The van der Waals surface area contributed by atoms with Gasteiger partial charge < -0.3 is 33.2 Å². The third-order valence-electron chi connectivity index (χ3n) is 15.7. The zero-order chi connectivity index (χ0) is 57.0. The lowest BCUT2D eigenvalue weighted by atomic mass is 9.77. The van der Waals surface area contributed by atoms with E-state index in [1.54, 1.807) is 6.92 Å². The Morgan fingerprint density at radius 1 is 0.444 bits per heavy atom. The highest BCUT2D eigenvalue weighted by molar-refractivity contribution is 5.91. The first-order valence-electron chi connectivity index (χ1n) is 29.5. The lowest BCUT2D eigenvalue weighted by Gasteiger charge is -2.29. The second-order valence-corrected chi connectivity index (χ2v) is 21.4. The topological polar surface area (TPSA) is 150 Å². The van der Waals surface area contributed by atoms with E-state index in [4.69, 9.17) is 33.2 Å². The number of ether oxygens (including phenoxy) is 7. The molecule has 0 N–H and O–H groups in total. The highest BCUT2D eigenvalue weighted by Crippen LogP contribution is 2.40. The predicted molar refractivity (Wildman–Crippen MR) is 316 cm³/mol. The van der Waals surface area contributed by atoms with Crippen LogP contribution in [0.3, 0.4) is 0 Å². The number of hydrogen-bond donors (Lipinski definition) is 0. The molecular weight excluding hydrogens is 1020 g/mol. The first kappa shape index (κ1) is 61.2. The van der Waals surface area contributed by atoms with Crippen molar-refractivity contribution in [3.8, 4) is 45.3 Å². The number of unbranched alkanes of at least 4 members (excludes halogenated alkanes) is 6. The van der Waals surface area contributed by atoms with E-state index in [1.165, 1.54) is 41.5 Å². The van der Waals surface area contributed by atoms with Crippen molar-refractivity contribution in [1.82, 2.24) is 0 Å². The Morgan fingerprint density at radius 3 is 1.22 bits per heavy atom. The molecule has 2 aliphatic carbocycles. The van der Waals surface area contributed by atoms with Gasteiger partial charge >= 0.3 is 29.8 Å². The number of esters is 5. The fourth-order valence-corrected chi connectivity index (χ4v) is 10.9. The van der Waals surface area contributed by atoms with E-state index in [1.807, 2.05) is 24.3 Å². The van der Waals surface area contributed by atoms with Gasteiger partial charge in [0.15, 0.2) is 11.5 Å². The average Bonchev–Trinajstić information content (AvgIpc) is 3.57. The van der Waals surface area contributed by atoms with Gasteiger partial charge in [0.1, 0.15) is 11.5 Å². The first-order chi connectivity index (χ1) is 39.6. The van der Waals surface area contributed by atoms with Crippen LogP contribution in [0.4, 0.5) is 0 Å². The van der Waals surface area contributed by atoms with Crippen molar-refractivity contribution in [2.75, 3.05) is 33.0 Å². The van der Waals surface area contributed by atoms with Gasteiger partial charge in [-0.1, -0.05) is 86.0 Å². The summed E-state index contributed by atoms with van der Waals surface area (Å²) >= 11 is 0.